The van der Waals surface area contributed by atoms with Gasteiger partial charge in [0.15, 0.2) is 5.96 Å². The van der Waals surface area contributed by atoms with E-state index in [1.165, 1.54) is 11.1 Å². The molecule has 3 N–H and O–H groups in total. The Morgan fingerprint density at radius 2 is 1.83 bits per heavy atom. The maximum atomic E-state index is 12.2. The first kappa shape index (κ1) is 23.2. The van der Waals surface area contributed by atoms with Gasteiger partial charge in [-0.15, -0.1) is 0 Å². The standard InChI is InChI=1S/C23H38N4O2/c1-6-24-21(28)23(4,5)16-27-22(25-7-2)26-15-19-9-8-14-29-20(19)18-12-10-17(3)11-13-18/h10-13,19-20H,6-9,14-16H2,1-5H3,(H,24,28)(H2,25,26,27). The van der Waals surface area contributed by atoms with Gasteiger partial charge in [0.1, 0.15) is 0 Å². The van der Waals surface area contributed by atoms with Crippen LogP contribution in [0.4, 0.5) is 0 Å². The van der Waals surface area contributed by atoms with Gasteiger partial charge < -0.3 is 20.7 Å². The molecule has 0 bridgehead atoms. The molecule has 29 heavy (non-hydrogen) atoms. The number of nitrogens with zero attached hydrogens (tertiary/aromatic N) is 1. The number of aryl methyl sites for hydroxylation is 1. The highest BCUT2D eigenvalue weighted by atomic mass is 16.5. The molecule has 1 aromatic rings. The van der Waals surface area contributed by atoms with Gasteiger partial charge in [-0.1, -0.05) is 29.8 Å². The first-order valence-corrected chi connectivity index (χ1v) is 10.9. The molecule has 1 aromatic carbocycles. The number of ether oxygens (including phenoxy) is 1. The summed E-state index contributed by atoms with van der Waals surface area (Å²) in [5.74, 6) is 1.16. The molecule has 1 saturated heterocycles. The smallest absolute Gasteiger partial charge is 0.227 e. The minimum Gasteiger partial charge on any atom is -0.373 e. The Morgan fingerprint density at radius 3 is 2.48 bits per heavy atom. The largest absolute Gasteiger partial charge is 0.373 e. The molecule has 0 saturated carbocycles. The van der Waals surface area contributed by atoms with Crippen LogP contribution >= 0.6 is 0 Å². The number of hydrogen-bond donors (Lipinski definition) is 3. The fourth-order valence-corrected chi connectivity index (χ4v) is 3.49. The number of guanidine groups is 1. The van der Waals surface area contributed by atoms with E-state index in [9.17, 15) is 4.79 Å². The highest BCUT2D eigenvalue weighted by molar-refractivity contribution is 5.83. The van der Waals surface area contributed by atoms with Crippen LogP contribution in [0.5, 0.6) is 0 Å². The van der Waals surface area contributed by atoms with E-state index in [2.05, 4.69) is 52.1 Å². The van der Waals surface area contributed by atoms with E-state index >= 15 is 0 Å². The molecule has 6 nitrogen and oxygen atoms in total. The molecule has 0 spiro atoms. The third kappa shape index (κ3) is 7.03. The van der Waals surface area contributed by atoms with Crippen molar-refractivity contribution < 1.29 is 9.53 Å². The van der Waals surface area contributed by atoms with Gasteiger partial charge in [-0.3, -0.25) is 9.79 Å². The Bertz CT molecular complexity index is 670. The number of carbonyl (C=O) groups excluding carboxylic acids is 1. The second kappa shape index (κ2) is 11.2. The van der Waals surface area contributed by atoms with E-state index < -0.39 is 5.41 Å². The van der Waals surface area contributed by atoms with Gasteiger partial charge in [-0.2, -0.15) is 0 Å². The summed E-state index contributed by atoms with van der Waals surface area (Å²) in [7, 11) is 0. The van der Waals surface area contributed by atoms with E-state index in [0.29, 0.717) is 19.0 Å². The number of carbonyl (C=O) groups is 1. The number of hydrogen-bond acceptors (Lipinski definition) is 3. The van der Waals surface area contributed by atoms with Gasteiger partial charge in [0, 0.05) is 32.2 Å². The molecule has 1 amide bonds. The highest BCUT2D eigenvalue weighted by Crippen LogP contribution is 2.33. The molecule has 162 valence electrons. The molecule has 1 heterocycles. The van der Waals surface area contributed by atoms with Crippen molar-refractivity contribution in [2.75, 3.05) is 32.8 Å². The van der Waals surface area contributed by atoms with Crippen molar-refractivity contribution in [2.45, 2.75) is 53.6 Å². The van der Waals surface area contributed by atoms with Gasteiger partial charge >= 0.3 is 0 Å². The van der Waals surface area contributed by atoms with Crippen molar-refractivity contribution in [3.63, 3.8) is 0 Å². The highest BCUT2D eigenvalue weighted by Gasteiger charge is 2.29. The third-order valence-electron chi connectivity index (χ3n) is 5.31. The fraction of sp³-hybridized carbons (Fsp3) is 0.652. The number of amides is 1. The summed E-state index contributed by atoms with van der Waals surface area (Å²) in [6.45, 7) is 13.4. The molecule has 1 aliphatic rings. The summed E-state index contributed by atoms with van der Waals surface area (Å²) in [5.41, 5.74) is 1.95. The molecule has 0 aliphatic carbocycles. The predicted octanol–water partition coefficient (Wildman–Crippen LogP) is 3.18. The summed E-state index contributed by atoms with van der Waals surface area (Å²) in [6.07, 6.45) is 2.30. The zero-order valence-electron chi connectivity index (χ0n) is 18.7. The average molecular weight is 403 g/mol. The summed E-state index contributed by atoms with van der Waals surface area (Å²) in [5, 5.41) is 9.65. The van der Waals surface area contributed by atoms with Crippen molar-refractivity contribution in [1.29, 1.82) is 0 Å². The molecule has 0 aromatic heterocycles. The molecule has 2 unspecified atom stereocenters. The minimum absolute atomic E-state index is 0.0275. The molecule has 2 rings (SSSR count). The summed E-state index contributed by atoms with van der Waals surface area (Å²) in [4.78, 5) is 16.9. The molecule has 1 fully saturated rings. The van der Waals surface area contributed by atoms with Crippen molar-refractivity contribution in [3.05, 3.63) is 35.4 Å². The lowest BCUT2D eigenvalue weighted by atomic mass is 9.89. The molecule has 2 atom stereocenters. The van der Waals surface area contributed by atoms with E-state index in [1.54, 1.807) is 0 Å². The zero-order valence-corrected chi connectivity index (χ0v) is 18.7. The predicted molar refractivity (Wildman–Crippen MR) is 119 cm³/mol. The monoisotopic (exact) mass is 402 g/mol. The van der Waals surface area contributed by atoms with Crippen LogP contribution in [-0.2, 0) is 9.53 Å². The van der Waals surface area contributed by atoms with Crippen LogP contribution < -0.4 is 16.0 Å². The Labute approximate surface area is 175 Å². The van der Waals surface area contributed by atoms with E-state index in [0.717, 1.165) is 38.5 Å². The number of aliphatic imine (C=N–C) groups is 1. The van der Waals surface area contributed by atoms with Gasteiger partial charge in [-0.05, 0) is 53.0 Å². The van der Waals surface area contributed by atoms with Crippen LogP contribution in [0.15, 0.2) is 29.3 Å². The van der Waals surface area contributed by atoms with Crippen LogP contribution in [-0.4, -0.2) is 44.7 Å². The van der Waals surface area contributed by atoms with Crippen LogP contribution in [0.3, 0.4) is 0 Å². The minimum atomic E-state index is -0.545. The van der Waals surface area contributed by atoms with Crippen LogP contribution in [0.2, 0.25) is 0 Å². The number of nitrogens with one attached hydrogen (secondary N) is 3. The maximum Gasteiger partial charge on any atom is 0.227 e. The van der Waals surface area contributed by atoms with E-state index in [4.69, 9.17) is 4.74 Å². The Kier molecular flexibility index (Phi) is 8.96. The normalized spacial score (nSPS) is 20.2. The molecule has 6 heteroatoms. The number of rotatable bonds is 8. The van der Waals surface area contributed by atoms with Gasteiger partial charge in [0.25, 0.3) is 0 Å². The Morgan fingerprint density at radius 1 is 1.14 bits per heavy atom. The summed E-state index contributed by atoms with van der Waals surface area (Å²) >= 11 is 0. The third-order valence-corrected chi connectivity index (χ3v) is 5.31. The van der Waals surface area contributed by atoms with Crippen LogP contribution in [0.1, 0.15) is 57.8 Å². The van der Waals surface area contributed by atoms with Crippen molar-refractivity contribution >= 4 is 11.9 Å². The average Bonchev–Trinajstić information content (AvgIpc) is 2.71. The Hall–Kier alpha value is -2.08. The van der Waals surface area contributed by atoms with Crippen molar-refractivity contribution in [3.8, 4) is 0 Å². The van der Waals surface area contributed by atoms with Crippen molar-refractivity contribution in [2.24, 2.45) is 16.3 Å². The van der Waals surface area contributed by atoms with Crippen LogP contribution in [0.25, 0.3) is 0 Å². The molecule has 1 aliphatic heterocycles. The maximum absolute atomic E-state index is 12.2. The van der Waals surface area contributed by atoms with Gasteiger partial charge in [0.2, 0.25) is 5.91 Å². The Balaban J connectivity index is 2.01. The van der Waals surface area contributed by atoms with Gasteiger partial charge in [0.05, 0.1) is 18.1 Å². The fourth-order valence-electron chi connectivity index (χ4n) is 3.49. The second-order valence-electron chi connectivity index (χ2n) is 8.42. The summed E-state index contributed by atoms with van der Waals surface area (Å²) in [6, 6.07) is 8.64. The topological polar surface area (TPSA) is 74.8 Å². The first-order chi connectivity index (χ1) is 13.9. The lowest BCUT2D eigenvalue weighted by Crippen LogP contribution is -2.44. The second-order valence-corrected chi connectivity index (χ2v) is 8.42. The number of benzene rings is 1. The lowest BCUT2D eigenvalue weighted by molar-refractivity contribution is -0.128. The first-order valence-electron chi connectivity index (χ1n) is 10.9. The SMILES string of the molecule is CCNC(=O)C(C)(C)CN=C(NCC)NCC1CCCOC1c1ccc(C)cc1. The van der Waals surface area contributed by atoms with E-state index in [-0.39, 0.29) is 12.0 Å². The zero-order chi connectivity index (χ0) is 21.3. The molecular weight excluding hydrogens is 364 g/mol. The molecular formula is C23H38N4O2. The van der Waals surface area contributed by atoms with Crippen molar-refractivity contribution in [1.82, 2.24) is 16.0 Å². The van der Waals surface area contributed by atoms with Gasteiger partial charge in [-0.25, -0.2) is 0 Å². The quantitative estimate of drug-likeness (QED) is 0.461. The lowest BCUT2D eigenvalue weighted by Gasteiger charge is -2.33. The van der Waals surface area contributed by atoms with Crippen LogP contribution in [0, 0.1) is 18.3 Å². The molecule has 0 radical (unpaired) electrons. The summed E-state index contributed by atoms with van der Waals surface area (Å²) < 4.78 is 6.13. The van der Waals surface area contributed by atoms with E-state index in [1.807, 2.05) is 27.7 Å².